The largest absolute Gasteiger partial charge is 0.497 e. The summed E-state index contributed by atoms with van der Waals surface area (Å²) in [5, 5.41) is 3.82. The van der Waals surface area contributed by atoms with Crippen LogP contribution in [0.5, 0.6) is 5.75 Å². The van der Waals surface area contributed by atoms with Crippen molar-refractivity contribution in [2.45, 2.75) is 56.2 Å². The molecule has 1 aromatic carbocycles. The molecule has 4 bridgehead atoms. The molecule has 1 heterocycles. The van der Waals surface area contributed by atoms with Crippen LogP contribution in [0.3, 0.4) is 0 Å². The van der Waals surface area contributed by atoms with Crippen molar-refractivity contribution in [1.29, 1.82) is 0 Å². The van der Waals surface area contributed by atoms with Gasteiger partial charge in [0.05, 0.1) is 12.8 Å². The Labute approximate surface area is 184 Å². The zero-order chi connectivity index (χ0) is 20.2. The highest BCUT2D eigenvalue weighted by molar-refractivity contribution is 9.10. The molecule has 1 N–H and O–H groups in total. The van der Waals surface area contributed by atoms with Gasteiger partial charge in [0, 0.05) is 21.2 Å². The summed E-state index contributed by atoms with van der Waals surface area (Å²) in [4.78, 5) is 18.8. The van der Waals surface area contributed by atoms with Gasteiger partial charge in [0.2, 0.25) is 5.91 Å². The number of amides is 1. The van der Waals surface area contributed by atoms with Crippen molar-refractivity contribution in [2.24, 2.45) is 17.3 Å². The minimum atomic E-state index is 0.123. The van der Waals surface area contributed by atoms with E-state index < -0.39 is 0 Å². The van der Waals surface area contributed by atoms with E-state index in [0.29, 0.717) is 11.6 Å². The van der Waals surface area contributed by atoms with Crippen LogP contribution in [-0.2, 0) is 4.79 Å². The molecule has 4 aliphatic rings. The second-order valence-corrected chi connectivity index (χ2v) is 12.4. The molecule has 0 aliphatic heterocycles. The van der Waals surface area contributed by atoms with Gasteiger partial charge in [-0.1, -0.05) is 15.9 Å². The normalized spacial score (nSPS) is 32.4. The van der Waals surface area contributed by atoms with Gasteiger partial charge in [0.15, 0.2) is 5.13 Å². The molecule has 2 aromatic rings. The predicted octanol–water partition coefficient (Wildman–Crippen LogP) is 6.19. The monoisotopic (exact) mass is 474 g/mol. The lowest BCUT2D eigenvalue weighted by atomic mass is 9.48. The number of ether oxygens (including phenoxy) is 1. The number of nitrogens with one attached hydrogen (secondary N) is 1. The van der Waals surface area contributed by atoms with Crippen molar-refractivity contribution in [3.8, 4) is 17.0 Å². The van der Waals surface area contributed by atoms with Crippen molar-refractivity contribution in [2.75, 3.05) is 12.4 Å². The van der Waals surface area contributed by atoms with Gasteiger partial charge in [-0.25, -0.2) is 4.98 Å². The lowest BCUT2D eigenvalue weighted by Gasteiger charge is -2.60. The van der Waals surface area contributed by atoms with Crippen LogP contribution in [0.4, 0.5) is 5.13 Å². The summed E-state index contributed by atoms with van der Waals surface area (Å²) in [6.45, 7) is 2.06. The van der Waals surface area contributed by atoms with E-state index in [2.05, 4.69) is 28.2 Å². The summed E-state index contributed by atoms with van der Waals surface area (Å²) in [6.07, 6.45) is 8.18. The van der Waals surface area contributed by atoms with E-state index in [4.69, 9.17) is 9.72 Å². The molecule has 4 aliphatic carbocycles. The Morgan fingerprint density at radius 3 is 2.55 bits per heavy atom. The van der Waals surface area contributed by atoms with E-state index >= 15 is 0 Å². The van der Waals surface area contributed by atoms with E-state index in [-0.39, 0.29) is 15.6 Å². The molecule has 4 nitrogen and oxygen atoms in total. The minimum absolute atomic E-state index is 0.123. The van der Waals surface area contributed by atoms with Crippen molar-refractivity contribution in [3.63, 3.8) is 0 Å². The Bertz CT molecular complexity index is 925. The fourth-order valence-electron chi connectivity index (χ4n) is 6.51. The van der Waals surface area contributed by atoms with Crippen LogP contribution in [0.25, 0.3) is 11.3 Å². The number of carbonyl (C=O) groups is 1. The molecule has 29 heavy (non-hydrogen) atoms. The Hall–Kier alpha value is -1.40. The first-order valence-electron chi connectivity index (χ1n) is 10.5. The number of hydrogen-bond acceptors (Lipinski definition) is 4. The molecule has 0 spiro atoms. The fourth-order valence-corrected chi connectivity index (χ4v) is 8.88. The van der Waals surface area contributed by atoms with Gasteiger partial charge in [-0.15, -0.1) is 11.3 Å². The third-order valence-corrected chi connectivity index (χ3v) is 8.87. The summed E-state index contributed by atoms with van der Waals surface area (Å²) in [7, 11) is 1.66. The third kappa shape index (κ3) is 3.74. The fraction of sp³-hybridized carbons (Fsp3) is 0.565. The standard InChI is InChI=1S/C23H27BrN2O2S/c1-14-20(17-3-5-18(28-2)6-4-17)26-21(29-14)25-19(27)12-22-8-15-7-16(9-22)11-23(24,10-15)13-22/h3-6,15-16H,7-13H2,1-2H3,(H,25,26,27)/t15-,16-,22?,23?/m1/s1. The van der Waals surface area contributed by atoms with Gasteiger partial charge < -0.3 is 10.1 Å². The third-order valence-electron chi connectivity index (χ3n) is 7.05. The average Bonchev–Trinajstić information content (AvgIpc) is 2.99. The Kier molecular flexibility index (Phi) is 4.78. The van der Waals surface area contributed by atoms with Crippen LogP contribution in [0.1, 0.15) is 49.8 Å². The molecule has 1 amide bonds. The average molecular weight is 475 g/mol. The molecule has 6 rings (SSSR count). The highest BCUT2D eigenvalue weighted by Crippen LogP contribution is 2.65. The number of halogens is 1. The van der Waals surface area contributed by atoms with Gasteiger partial charge in [-0.05, 0) is 87.0 Å². The maximum Gasteiger partial charge on any atom is 0.226 e. The predicted molar refractivity (Wildman–Crippen MR) is 121 cm³/mol. The molecular weight excluding hydrogens is 448 g/mol. The minimum Gasteiger partial charge on any atom is -0.497 e. The van der Waals surface area contributed by atoms with Crippen molar-refractivity contribution in [3.05, 3.63) is 29.1 Å². The number of hydrogen-bond donors (Lipinski definition) is 1. The van der Waals surface area contributed by atoms with Crippen molar-refractivity contribution in [1.82, 2.24) is 4.98 Å². The number of methoxy groups -OCH3 is 1. The maximum absolute atomic E-state index is 13.0. The van der Waals surface area contributed by atoms with Crippen LogP contribution in [0, 0.1) is 24.2 Å². The van der Waals surface area contributed by atoms with Gasteiger partial charge in [0.1, 0.15) is 5.75 Å². The second-order valence-electron chi connectivity index (χ2n) is 9.49. The van der Waals surface area contributed by atoms with Gasteiger partial charge in [-0.3, -0.25) is 4.79 Å². The molecule has 154 valence electrons. The first-order valence-corrected chi connectivity index (χ1v) is 12.1. The Balaban J connectivity index is 1.29. The van der Waals surface area contributed by atoms with E-state index in [1.165, 1.54) is 32.1 Å². The lowest BCUT2D eigenvalue weighted by Crippen LogP contribution is -2.53. The molecule has 1 aromatic heterocycles. The number of anilines is 1. The van der Waals surface area contributed by atoms with Crippen LogP contribution in [0.15, 0.2) is 24.3 Å². The Morgan fingerprint density at radius 2 is 1.93 bits per heavy atom. The quantitative estimate of drug-likeness (QED) is 0.525. The number of rotatable bonds is 5. The molecule has 0 unspecified atom stereocenters. The smallest absolute Gasteiger partial charge is 0.226 e. The van der Waals surface area contributed by atoms with Crippen molar-refractivity contribution < 1.29 is 9.53 Å². The summed E-state index contributed by atoms with van der Waals surface area (Å²) in [6, 6.07) is 7.90. The van der Waals surface area contributed by atoms with E-state index in [0.717, 1.165) is 40.1 Å². The molecule has 2 atom stereocenters. The first kappa shape index (κ1) is 19.6. The van der Waals surface area contributed by atoms with E-state index in [1.54, 1.807) is 18.4 Å². The van der Waals surface area contributed by atoms with Crippen LogP contribution in [0.2, 0.25) is 0 Å². The maximum atomic E-state index is 13.0. The van der Waals surface area contributed by atoms with Crippen LogP contribution in [-0.4, -0.2) is 22.3 Å². The topological polar surface area (TPSA) is 51.2 Å². The first-order chi connectivity index (χ1) is 13.9. The zero-order valence-corrected chi connectivity index (χ0v) is 19.4. The highest BCUT2D eigenvalue weighted by atomic mass is 79.9. The highest BCUT2D eigenvalue weighted by Gasteiger charge is 2.57. The summed E-state index contributed by atoms with van der Waals surface area (Å²) in [5.41, 5.74) is 2.16. The van der Waals surface area contributed by atoms with Gasteiger partial charge in [0.25, 0.3) is 0 Å². The number of nitrogens with zero attached hydrogens (tertiary/aromatic N) is 1. The van der Waals surface area contributed by atoms with Crippen LogP contribution >= 0.6 is 27.3 Å². The number of carbonyl (C=O) groups excluding carboxylic acids is 1. The number of thiazole rings is 1. The molecule has 0 radical (unpaired) electrons. The van der Waals surface area contributed by atoms with Crippen LogP contribution < -0.4 is 10.1 Å². The van der Waals surface area contributed by atoms with Crippen molar-refractivity contribution >= 4 is 38.3 Å². The summed E-state index contributed by atoms with van der Waals surface area (Å²) in [5.74, 6) is 2.55. The Morgan fingerprint density at radius 1 is 1.24 bits per heavy atom. The number of aromatic nitrogens is 1. The number of benzene rings is 1. The van der Waals surface area contributed by atoms with Gasteiger partial charge in [-0.2, -0.15) is 0 Å². The molecule has 0 saturated heterocycles. The zero-order valence-electron chi connectivity index (χ0n) is 17.0. The number of aryl methyl sites for hydroxylation is 1. The molecule has 6 heteroatoms. The van der Waals surface area contributed by atoms with Gasteiger partial charge >= 0.3 is 0 Å². The molecular formula is C23H27BrN2O2S. The molecule has 4 saturated carbocycles. The second kappa shape index (κ2) is 7.09. The summed E-state index contributed by atoms with van der Waals surface area (Å²) < 4.78 is 5.53. The van der Waals surface area contributed by atoms with E-state index in [9.17, 15) is 4.79 Å². The number of alkyl halides is 1. The van der Waals surface area contributed by atoms with E-state index in [1.807, 2.05) is 24.3 Å². The lowest BCUT2D eigenvalue weighted by molar-refractivity contribution is -0.123. The SMILES string of the molecule is COc1ccc(-c2nc(NC(=O)CC34C[C@H]5C[C@@H](CC(Br)(C5)C3)C4)sc2C)cc1. The molecule has 4 fully saturated rings. The summed E-state index contributed by atoms with van der Waals surface area (Å²) >= 11 is 5.60.